The molecule has 0 unspecified atom stereocenters. The minimum Gasteiger partial charge on any atom is -0.314 e. The average molecular weight is 380 g/mol. The van der Waals surface area contributed by atoms with Crippen molar-refractivity contribution in [2.24, 2.45) is 0 Å². The molecule has 0 radical (unpaired) electrons. The molecule has 1 fully saturated rings. The summed E-state index contributed by atoms with van der Waals surface area (Å²) >= 11 is 17.8. The SMILES string of the molecule is C[C@H]1CNCCN1S(=O)(=O)c1c(Cl)cc(Cl)cc1Cl.Cl. The van der Waals surface area contributed by atoms with Crippen LogP contribution in [0.25, 0.3) is 0 Å². The van der Waals surface area contributed by atoms with Crippen LogP contribution in [0.3, 0.4) is 0 Å². The van der Waals surface area contributed by atoms with E-state index < -0.39 is 10.0 Å². The molecule has 0 aromatic heterocycles. The number of nitrogens with one attached hydrogen (secondary N) is 1. The summed E-state index contributed by atoms with van der Waals surface area (Å²) in [5.41, 5.74) is 0. The molecule has 4 nitrogen and oxygen atoms in total. The van der Waals surface area contributed by atoms with Crippen molar-refractivity contribution in [3.8, 4) is 0 Å². The van der Waals surface area contributed by atoms with Crippen LogP contribution in [0.4, 0.5) is 0 Å². The Labute approximate surface area is 139 Å². The molecule has 20 heavy (non-hydrogen) atoms. The molecule has 1 aromatic rings. The smallest absolute Gasteiger partial charge is 0.246 e. The van der Waals surface area contributed by atoms with Gasteiger partial charge in [0.05, 0.1) is 10.0 Å². The Hall–Kier alpha value is 0.250. The van der Waals surface area contributed by atoms with E-state index in [2.05, 4.69) is 5.32 Å². The first-order valence-corrected chi connectivity index (χ1v) is 8.28. The lowest BCUT2D eigenvalue weighted by Crippen LogP contribution is -2.52. The molecular weight excluding hydrogens is 366 g/mol. The van der Waals surface area contributed by atoms with Crippen LogP contribution in [0.1, 0.15) is 6.92 Å². The lowest BCUT2D eigenvalue weighted by molar-refractivity contribution is 0.284. The summed E-state index contributed by atoms with van der Waals surface area (Å²) in [7, 11) is -3.72. The van der Waals surface area contributed by atoms with Crippen LogP contribution in [0, 0.1) is 0 Å². The Bertz CT molecular complexity index is 571. The second kappa shape index (κ2) is 7.01. The van der Waals surface area contributed by atoms with Crippen LogP contribution in [-0.4, -0.2) is 38.4 Å². The Morgan fingerprint density at radius 1 is 1.25 bits per heavy atom. The molecule has 1 N–H and O–H groups in total. The molecular formula is C11H14Cl4N2O2S. The molecule has 0 saturated carbocycles. The van der Waals surface area contributed by atoms with Gasteiger partial charge in [0.15, 0.2) is 0 Å². The van der Waals surface area contributed by atoms with E-state index in [-0.39, 0.29) is 33.4 Å². The van der Waals surface area contributed by atoms with Crippen LogP contribution in [-0.2, 0) is 10.0 Å². The van der Waals surface area contributed by atoms with Gasteiger partial charge >= 0.3 is 0 Å². The van der Waals surface area contributed by atoms with Gasteiger partial charge in [0, 0.05) is 30.7 Å². The highest BCUT2D eigenvalue weighted by Gasteiger charge is 2.34. The van der Waals surface area contributed by atoms with Crippen LogP contribution in [0.5, 0.6) is 0 Å². The highest BCUT2D eigenvalue weighted by Crippen LogP contribution is 2.35. The van der Waals surface area contributed by atoms with Gasteiger partial charge in [-0.05, 0) is 19.1 Å². The summed E-state index contributed by atoms with van der Waals surface area (Å²) in [6, 6.07) is 2.62. The van der Waals surface area contributed by atoms with Gasteiger partial charge in [0.2, 0.25) is 10.0 Å². The molecule has 0 aliphatic carbocycles. The summed E-state index contributed by atoms with van der Waals surface area (Å²) in [6.07, 6.45) is 0. The van der Waals surface area contributed by atoms with Gasteiger partial charge in [0.25, 0.3) is 0 Å². The molecule has 1 atom stereocenters. The normalized spacial score (nSPS) is 20.5. The number of nitrogens with zero attached hydrogens (tertiary/aromatic N) is 1. The standard InChI is InChI=1S/C11H13Cl3N2O2S.ClH/c1-7-6-15-2-3-16(7)19(17,18)11-9(13)4-8(12)5-10(11)14;/h4-5,7,15H,2-3,6H2,1H3;1H/t7-;/m0./s1. The maximum Gasteiger partial charge on any atom is 0.246 e. The topological polar surface area (TPSA) is 49.4 Å². The summed E-state index contributed by atoms with van der Waals surface area (Å²) in [5.74, 6) is 0. The summed E-state index contributed by atoms with van der Waals surface area (Å²) in [4.78, 5) is -0.0750. The van der Waals surface area contributed by atoms with Gasteiger partial charge < -0.3 is 5.32 Å². The minimum absolute atomic E-state index is 0. The molecule has 0 spiro atoms. The lowest BCUT2D eigenvalue weighted by Gasteiger charge is -2.33. The Balaban J connectivity index is 0.00000200. The molecule has 1 aromatic carbocycles. The second-order valence-electron chi connectivity index (χ2n) is 4.37. The van der Waals surface area contributed by atoms with E-state index in [9.17, 15) is 8.42 Å². The van der Waals surface area contributed by atoms with Crippen LogP contribution >= 0.6 is 47.2 Å². The Kier molecular flexibility index (Phi) is 6.41. The first kappa shape index (κ1) is 18.3. The molecule has 1 aliphatic heterocycles. The number of sulfonamides is 1. The van der Waals surface area contributed by atoms with Crippen molar-refractivity contribution in [1.82, 2.24) is 9.62 Å². The molecule has 0 amide bonds. The van der Waals surface area contributed by atoms with E-state index in [1.54, 1.807) is 0 Å². The van der Waals surface area contributed by atoms with Crippen LogP contribution in [0.2, 0.25) is 15.1 Å². The van der Waals surface area contributed by atoms with Crippen molar-refractivity contribution >= 4 is 57.2 Å². The molecule has 1 aliphatic rings. The van der Waals surface area contributed by atoms with Crippen molar-refractivity contribution in [1.29, 1.82) is 0 Å². The maximum absolute atomic E-state index is 12.6. The van der Waals surface area contributed by atoms with Crippen molar-refractivity contribution in [2.75, 3.05) is 19.6 Å². The fraction of sp³-hybridized carbons (Fsp3) is 0.455. The third-order valence-electron chi connectivity index (χ3n) is 2.97. The zero-order valence-corrected chi connectivity index (χ0v) is 14.5. The first-order valence-electron chi connectivity index (χ1n) is 5.71. The van der Waals surface area contributed by atoms with Gasteiger partial charge in [0.1, 0.15) is 4.90 Å². The van der Waals surface area contributed by atoms with E-state index in [0.717, 1.165) is 0 Å². The fourth-order valence-corrected chi connectivity index (χ4v) is 5.20. The van der Waals surface area contributed by atoms with Crippen molar-refractivity contribution < 1.29 is 8.42 Å². The first-order chi connectivity index (χ1) is 8.84. The number of hydrogen-bond acceptors (Lipinski definition) is 3. The molecule has 2 rings (SSSR count). The second-order valence-corrected chi connectivity index (χ2v) is 7.45. The van der Waals surface area contributed by atoms with E-state index in [1.807, 2.05) is 6.92 Å². The van der Waals surface area contributed by atoms with Crippen molar-refractivity contribution in [3.63, 3.8) is 0 Å². The largest absolute Gasteiger partial charge is 0.314 e. The van der Waals surface area contributed by atoms with Gasteiger partial charge in [-0.15, -0.1) is 12.4 Å². The molecule has 1 saturated heterocycles. The van der Waals surface area contributed by atoms with Gasteiger partial charge in [-0.25, -0.2) is 8.42 Å². The fourth-order valence-electron chi connectivity index (χ4n) is 2.07. The quantitative estimate of drug-likeness (QED) is 0.858. The predicted octanol–water partition coefficient (Wildman–Crippen LogP) is 3.05. The maximum atomic E-state index is 12.6. The molecule has 114 valence electrons. The number of rotatable bonds is 2. The highest BCUT2D eigenvalue weighted by molar-refractivity contribution is 7.89. The Morgan fingerprint density at radius 2 is 1.80 bits per heavy atom. The van der Waals surface area contributed by atoms with Gasteiger partial charge in [-0.2, -0.15) is 4.31 Å². The number of benzene rings is 1. The van der Waals surface area contributed by atoms with E-state index in [1.165, 1.54) is 16.4 Å². The van der Waals surface area contributed by atoms with E-state index >= 15 is 0 Å². The molecule has 1 heterocycles. The minimum atomic E-state index is -3.72. The third kappa shape index (κ3) is 3.53. The van der Waals surface area contributed by atoms with Crippen molar-refractivity contribution in [2.45, 2.75) is 17.9 Å². The average Bonchev–Trinajstić information content (AvgIpc) is 2.27. The van der Waals surface area contributed by atoms with Gasteiger partial charge in [-0.3, -0.25) is 0 Å². The van der Waals surface area contributed by atoms with Crippen molar-refractivity contribution in [3.05, 3.63) is 27.2 Å². The van der Waals surface area contributed by atoms with E-state index in [0.29, 0.717) is 24.7 Å². The van der Waals surface area contributed by atoms with Crippen LogP contribution in [0.15, 0.2) is 17.0 Å². The predicted molar refractivity (Wildman–Crippen MR) is 84.9 cm³/mol. The molecule has 9 heteroatoms. The number of halogens is 4. The summed E-state index contributed by atoms with van der Waals surface area (Å²) in [5, 5.41) is 3.53. The zero-order chi connectivity index (χ0) is 14.2. The lowest BCUT2D eigenvalue weighted by atomic mass is 10.3. The summed E-state index contributed by atoms with van der Waals surface area (Å²) in [6.45, 7) is 3.43. The van der Waals surface area contributed by atoms with Gasteiger partial charge in [-0.1, -0.05) is 34.8 Å². The highest BCUT2D eigenvalue weighted by atomic mass is 35.5. The third-order valence-corrected chi connectivity index (χ3v) is 6.12. The molecule has 0 bridgehead atoms. The van der Waals surface area contributed by atoms with Crippen LogP contribution < -0.4 is 5.32 Å². The van der Waals surface area contributed by atoms with E-state index in [4.69, 9.17) is 34.8 Å². The monoisotopic (exact) mass is 378 g/mol. The number of piperazine rings is 1. The summed E-state index contributed by atoms with van der Waals surface area (Å²) < 4.78 is 26.7. The zero-order valence-electron chi connectivity index (χ0n) is 10.6. The number of hydrogen-bond donors (Lipinski definition) is 1. The Morgan fingerprint density at radius 3 is 2.30 bits per heavy atom.